The highest BCUT2D eigenvalue weighted by molar-refractivity contribution is 9.10. The van der Waals surface area contributed by atoms with E-state index in [0.717, 1.165) is 20.5 Å². The molecule has 0 unspecified atom stereocenters. The molecule has 1 aliphatic heterocycles. The Balaban J connectivity index is 1.62. The molecular formula is C27H23BrN2O5. The first-order valence-electron chi connectivity index (χ1n) is 11.0. The van der Waals surface area contributed by atoms with E-state index < -0.39 is 17.8 Å². The van der Waals surface area contributed by atoms with Gasteiger partial charge in [0.15, 0.2) is 11.5 Å². The highest BCUT2D eigenvalue weighted by atomic mass is 79.9. The van der Waals surface area contributed by atoms with E-state index in [2.05, 4.69) is 21.2 Å². The van der Waals surface area contributed by atoms with Gasteiger partial charge < -0.3 is 9.47 Å². The smallest absolute Gasteiger partial charge is 0.335 e. The fourth-order valence-electron chi connectivity index (χ4n) is 3.56. The second-order valence-corrected chi connectivity index (χ2v) is 8.66. The van der Waals surface area contributed by atoms with Gasteiger partial charge in [0.1, 0.15) is 12.2 Å². The van der Waals surface area contributed by atoms with Crippen LogP contribution in [-0.4, -0.2) is 24.5 Å². The molecule has 3 aromatic rings. The van der Waals surface area contributed by atoms with Crippen LogP contribution in [0.15, 0.2) is 76.8 Å². The molecule has 178 valence electrons. The van der Waals surface area contributed by atoms with Gasteiger partial charge in [0.05, 0.1) is 12.3 Å². The van der Waals surface area contributed by atoms with Crippen molar-refractivity contribution in [3.63, 3.8) is 0 Å². The van der Waals surface area contributed by atoms with Crippen molar-refractivity contribution in [3.05, 3.63) is 93.5 Å². The van der Waals surface area contributed by atoms with E-state index in [9.17, 15) is 14.4 Å². The van der Waals surface area contributed by atoms with Gasteiger partial charge in [-0.15, -0.1) is 0 Å². The summed E-state index contributed by atoms with van der Waals surface area (Å²) in [7, 11) is 0. The molecule has 1 N–H and O–H groups in total. The average Bonchev–Trinajstić information content (AvgIpc) is 2.84. The molecule has 4 amide bonds. The molecule has 1 aliphatic rings. The third kappa shape index (κ3) is 5.44. The quantitative estimate of drug-likeness (QED) is 0.324. The van der Waals surface area contributed by atoms with Crippen LogP contribution in [0.25, 0.3) is 6.08 Å². The average molecular weight is 535 g/mol. The number of hydrogen-bond donors (Lipinski definition) is 1. The van der Waals surface area contributed by atoms with Crippen molar-refractivity contribution in [1.82, 2.24) is 5.32 Å². The minimum Gasteiger partial charge on any atom is -0.490 e. The summed E-state index contributed by atoms with van der Waals surface area (Å²) in [5, 5.41) is 2.24. The number of benzene rings is 3. The number of carbonyl (C=O) groups is 3. The van der Waals surface area contributed by atoms with Crippen molar-refractivity contribution in [2.45, 2.75) is 20.5 Å². The number of nitrogens with one attached hydrogen (secondary N) is 1. The largest absolute Gasteiger partial charge is 0.490 e. The van der Waals surface area contributed by atoms with Crippen LogP contribution < -0.4 is 19.7 Å². The summed E-state index contributed by atoms with van der Waals surface area (Å²) < 4.78 is 12.5. The zero-order valence-electron chi connectivity index (χ0n) is 19.2. The number of ether oxygens (including phenoxy) is 2. The summed E-state index contributed by atoms with van der Waals surface area (Å²) in [4.78, 5) is 39.2. The zero-order valence-corrected chi connectivity index (χ0v) is 20.8. The molecule has 0 atom stereocenters. The molecule has 8 heteroatoms. The van der Waals surface area contributed by atoms with E-state index in [4.69, 9.17) is 9.47 Å². The van der Waals surface area contributed by atoms with Crippen molar-refractivity contribution in [1.29, 1.82) is 0 Å². The summed E-state index contributed by atoms with van der Waals surface area (Å²) in [6, 6.07) is 19.2. The molecule has 0 bridgehead atoms. The van der Waals surface area contributed by atoms with Gasteiger partial charge in [-0.05, 0) is 66.9 Å². The number of halogens is 1. The van der Waals surface area contributed by atoms with Crippen LogP contribution in [0.4, 0.5) is 10.5 Å². The molecule has 0 aliphatic carbocycles. The Labute approximate surface area is 211 Å². The van der Waals surface area contributed by atoms with Crippen LogP contribution in [0.5, 0.6) is 11.5 Å². The van der Waals surface area contributed by atoms with Crippen LogP contribution >= 0.6 is 15.9 Å². The van der Waals surface area contributed by atoms with Crippen molar-refractivity contribution in [2.24, 2.45) is 0 Å². The highest BCUT2D eigenvalue weighted by Crippen LogP contribution is 2.31. The van der Waals surface area contributed by atoms with E-state index in [-0.39, 0.29) is 5.57 Å². The first-order valence-corrected chi connectivity index (χ1v) is 11.8. The van der Waals surface area contributed by atoms with Crippen LogP contribution in [0, 0.1) is 6.92 Å². The van der Waals surface area contributed by atoms with E-state index in [1.807, 2.05) is 44.2 Å². The van der Waals surface area contributed by atoms with Crippen LogP contribution in [-0.2, 0) is 16.2 Å². The molecule has 0 spiro atoms. The minimum absolute atomic E-state index is 0.162. The number of hydrogen-bond acceptors (Lipinski definition) is 5. The van der Waals surface area contributed by atoms with Gasteiger partial charge in [0.2, 0.25) is 0 Å². The van der Waals surface area contributed by atoms with Crippen LogP contribution in [0.1, 0.15) is 23.6 Å². The Morgan fingerprint density at radius 1 is 0.943 bits per heavy atom. The van der Waals surface area contributed by atoms with Crippen LogP contribution in [0.3, 0.4) is 0 Å². The van der Waals surface area contributed by atoms with Gasteiger partial charge in [0, 0.05) is 4.47 Å². The molecule has 0 saturated carbocycles. The Bertz CT molecular complexity index is 1320. The lowest BCUT2D eigenvalue weighted by molar-refractivity contribution is -0.122. The number of rotatable bonds is 7. The maximum absolute atomic E-state index is 13.2. The van der Waals surface area contributed by atoms with Crippen molar-refractivity contribution < 1.29 is 23.9 Å². The lowest BCUT2D eigenvalue weighted by atomic mass is 10.1. The molecule has 7 nitrogen and oxygen atoms in total. The summed E-state index contributed by atoms with van der Waals surface area (Å²) in [5.41, 5.74) is 2.62. The fraction of sp³-hybridized carbons (Fsp3) is 0.148. The maximum atomic E-state index is 13.2. The third-order valence-corrected chi connectivity index (χ3v) is 6.21. The van der Waals surface area contributed by atoms with Crippen molar-refractivity contribution in [2.75, 3.05) is 11.5 Å². The molecule has 0 radical (unpaired) electrons. The maximum Gasteiger partial charge on any atom is 0.335 e. The Kier molecular flexibility index (Phi) is 7.31. The number of amides is 4. The van der Waals surface area contributed by atoms with Gasteiger partial charge in [-0.25, -0.2) is 9.69 Å². The molecule has 1 saturated heterocycles. The number of nitrogens with zero attached hydrogens (tertiary/aromatic N) is 1. The fourth-order valence-corrected chi connectivity index (χ4v) is 3.81. The van der Waals surface area contributed by atoms with Gasteiger partial charge in [-0.2, -0.15) is 0 Å². The molecule has 35 heavy (non-hydrogen) atoms. The number of barbiturate groups is 1. The third-order valence-electron chi connectivity index (χ3n) is 5.32. The van der Waals surface area contributed by atoms with E-state index >= 15 is 0 Å². The molecule has 1 heterocycles. The molecular weight excluding hydrogens is 512 g/mol. The summed E-state index contributed by atoms with van der Waals surface area (Å²) >= 11 is 3.41. The van der Waals surface area contributed by atoms with E-state index in [1.165, 1.54) is 6.08 Å². The van der Waals surface area contributed by atoms with Gasteiger partial charge in [0.25, 0.3) is 11.8 Å². The van der Waals surface area contributed by atoms with Gasteiger partial charge in [-0.3, -0.25) is 14.9 Å². The number of aryl methyl sites for hydroxylation is 1. The Hall–Kier alpha value is -3.91. The summed E-state index contributed by atoms with van der Waals surface area (Å²) in [6.45, 7) is 4.48. The molecule has 0 aromatic heterocycles. The first kappa shape index (κ1) is 24.2. The van der Waals surface area contributed by atoms with Gasteiger partial charge >= 0.3 is 6.03 Å². The summed E-state index contributed by atoms with van der Waals surface area (Å²) in [6.07, 6.45) is 1.44. The summed E-state index contributed by atoms with van der Waals surface area (Å²) in [5.74, 6) is -0.437. The number of anilines is 1. The van der Waals surface area contributed by atoms with E-state index in [0.29, 0.717) is 36.0 Å². The monoisotopic (exact) mass is 534 g/mol. The second kappa shape index (κ2) is 10.6. The van der Waals surface area contributed by atoms with Crippen molar-refractivity contribution in [3.8, 4) is 11.5 Å². The zero-order chi connectivity index (χ0) is 24.9. The SMILES string of the molecule is CCOc1cc(/C=C2\C(=O)NC(=O)N(c3ccc(Br)c(C)c3)C2=O)ccc1OCc1ccccc1. The topological polar surface area (TPSA) is 84.9 Å². The predicted octanol–water partition coefficient (Wildman–Crippen LogP) is 5.40. The number of urea groups is 1. The standard InChI is InChI=1S/C27H23BrN2O5/c1-3-34-24-15-19(9-12-23(24)35-16-18-7-5-4-6-8-18)14-21-25(31)29-27(33)30(26(21)32)20-10-11-22(28)17(2)13-20/h4-15H,3,16H2,1-2H3,(H,29,31,33)/b21-14+. The second-order valence-electron chi connectivity index (χ2n) is 7.80. The normalized spacial score (nSPS) is 14.8. The Morgan fingerprint density at radius 3 is 2.43 bits per heavy atom. The molecule has 1 fully saturated rings. The molecule has 4 rings (SSSR count). The van der Waals surface area contributed by atoms with Crippen molar-refractivity contribution >= 4 is 45.5 Å². The predicted molar refractivity (Wildman–Crippen MR) is 136 cm³/mol. The minimum atomic E-state index is -0.793. The number of carbonyl (C=O) groups excluding carboxylic acids is 3. The van der Waals surface area contributed by atoms with Gasteiger partial charge in [-0.1, -0.05) is 52.3 Å². The lowest BCUT2D eigenvalue weighted by Crippen LogP contribution is -2.54. The van der Waals surface area contributed by atoms with Crippen LogP contribution in [0.2, 0.25) is 0 Å². The number of imide groups is 2. The molecule has 3 aromatic carbocycles. The Morgan fingerprint density at radius 2 is 1.71 bits per heavy atom. The lowest BCUT2D eigenvalue weighted by Gasteiger charge is -2.26. The van der Waals surface area contributed by atoms with E-state index in [1.54, 1.807) is 36.4 Å². The highest BCUT2D eigenvalue weighted by Gasteiger charge is 2.37. The first-order chi connectivity index (χ1) is 16.9.